The van der Waals surface area contributed by atoms with Crippen LogP contribution in [0.5, 0.6) is 0 Å². The number of hydrogen-bond donors (Lipinski definition) is 3. The van der Waals surface area contributed by atoms with E-state index in [0.717, 1.165) is 12.0 Å². The highest BCUT2D eigenvalue weighted by Gasteiger charge is 2.52. The third kappa shape index (κ3) is 13.8. The number of carbonyl (C=O) groups is 5. The Labute approximate surface area is 369 Å². The summed E-state index contributed by atoms with van der Waals surface area (Å²) in [5.41, 5.74) is 1.46. The van der Waals surface area contributed by atoms with Crippen molar-refractivity contribution in [2.24, 2.45) is 29.6 Å². The summed E-state index contributed by atoms with van der Waals surface area (Å²) >= 11 is 0. The van der Waals surface area contributed by atoms with Gasteiger partial charge in [0.2, 0.25) is 5.79 Å². The Morgan fingerprint density at radius 2 is 1.65 bits per heavy atom. The first kappa shape index (κ1) is 51.3. The number of allylic oxidation sites excluding steroid dienone is 7. The van der Waals surface area contributed by atoms with Gasteiger partial charge in [-0.25, -0.2) is 4.79 Å². The maximum absolute atomic E-state index is 14.2. The molecule has 2 saturated heterocycles. The van der Waals surface area contributed by atoms with Crippen LogP contribution in [0.1, 0.15) is 131 Å². The molecule has 1 amide bonds. The third-order valence-corrected chi connectivity index (χ3v) is 13.7. The molecule has 13 atom stereocenters. The van der Waals surface area contributed by atoms with Crippen molar-refractivity contribution in [3.63, 3.8) is 0 Å². The molecule has 0 aromatic carbocycles. The average Bonchev–Trinajstić information content (AvgIpc) is 3.25. The van der Waals surface area contributed by atoms with Crippen LogP contribution in [0.2, 0.25) is 0 Å². The van der Waals surface area contributed by atoms with E-state index in [2.05, 4.69) is 0 Å². The summed E-state index contributed by atoms with van der Waals surface area (Å²) in [6.45, 7) is 11.2. The summed E-state index contributed by atoms with van der Waals surface area (Å²) in [7, 11) is 2.95. The molecule has 0 unspecified atom stereocenters. The highest BCUT2D eigenvalue weighted by Crippen LogP contribution is 2.37. The lowest BCUT2D eigenvalue weighted by molar-refractivity contribution is -0.263. The van der Waals surface area contributed by atoms with Crippen molar-refractivity contribution in [3.8, 4) is 0 Å². The van der Waals surface area contributed by atoms with Gasteiger partial charge in [0.05, 0.1) is 18.3 Å². The molecule has 0 radical (unpaired) electrons. The van der Waals surface area contributed by atoms with Crippen molar-refractivity contribution in [2.45, 2.75) is 180 Å². The van der Waals surface area contributed by atoms with E-state index in [4.69, 9.17) is 18.9 Å². The number of rotatable bonds is 5. The number of ether oxygens (including phenoxy) is 4. The van der Waals surface area contributed by atoms with Gasteiger partial charge >= 0.3 is 5.97 Å². The Bertz CT molecular complexity index is 1670. The molecule has 348 valence electrons. The largest absolute Gasteiger partial charge is 0.460 e. The number of hydrogen-bond acceptors (Lipinski definition) is 12. The number of fused-ring (bicyclic) bond motifs is 3. The summed E-state index contributed by atoms with van der Waals surface area (Å²) in [5.74, 6) is -6.87. The first-order valence-corrected chi connectivity index (χ1v) is 23.0. The zero-order valence-electron chi connectivity index (χ0n) is 38.5. The highest BCUT2D eigenvalue weighted by atomic mass is 16.6. The zero-order chi connectivity index (χ0) is 45.7. The number of cyclic esters (lactones) is 1. The number of methoxy groups -OCH3 is 2. The number of piperidine rings is 1. The van der Waals surface area contributed by atoms with Gasteiger partial charge in [0.25, 0.3) is 11.7 Å². The van der Waals surface area contributed by atoms with Crippen molar-refractivity contribution < 1.29 is 58.2 Å². The predicted octanol–water partition coefficient (Wildman–Crippen LogP) is 6.31. The predicted molar refractivity (Wildman–Crippen MR) is 234 cm³/mol. The van der Waals surface area contributed by atoms with Gasteiger partial charge in [-0.15, -0.1) is 0 Å². The quantitative estimate of drug-likeness (QED) is 0.159. The smallest absolute Gasteiger partial charge is 0.329 e. The fourth-order valence-corrected chi connectivity index (χ4v) is 9.56. The van der Waals surface area contributed by atoms with E-state index in [0.29, 0.717) is 69.8 Å². The van der Waals surface area contributed by atoms with E-state index in [-0.39, 0.29) is 61.2 Å². The summed E-state index contributed by atoms with van der Waals surface area (Å²) < 4.78 is 23.4. The van der Waals surface area contributed by atoms with Crippen molar-refractivity contribution in [1.82, 2.24) is 4.90 Å². The Morgan fingerprint density at radius 1 is 0.903 bits per heavy atom. The molecule has 4 aliphatic rings. The van der Waals surface area contributed by atoms with Gasteiger partial charge in [0.15, 0.2) is 5.78 Å². The van der Waals surface area contributed by atoms with E-state index in [1.807, 2.05) is 58.1 Å². The second-order valence-electron chi connectivity index (χ2n) is 18.8. The van der Waals surface area contributed by atoms with Crippen LogP contribution in [0.4, 0.5) is 0 Å². The first-order chi connectivity index (χ1) is 29.4. The van der Waals surface area contributed by atoms with Gasteiger partial charge in [0.1, 0.15) is 30.1 Å². The van der Waals surface area contributed by atoms with Gasteiger partial charge in [-0.1, -0.05) is 69.7 Å². The number of Topliss-reactive ketones (excluding diaryl/α,β-unsaturated/α-hetero) is 3. The molecule has 62 heavy (non-hydrogen) atoms. The average molecular weight is 870 g/mol. The standard InChI is InChI=1S/C49H75NO12/c1-30-14-10-9-11-15-31(2)26-34(5)44(54)45(60-8)43(53)32(3)18-21-37(51)29-41(33(4)27-36-20-24-40(52)42(28-36)59-7)61-48(57)39-16-12-13-25-50(39)47(56)46(55)49(58)35(6)19-23-38(62-49)22-17-30/h9-11,14-15,18,31,33-36,38-43,45,52-53,58H,12-13,16-17,19-29H2,1-8H3/b10-9+,15-11+,30-14+,32-18+/t31-,33-,34-,35-,36+,38-,39+,40-,41+,42-,43-,45-,49-/m1/s1. The number of nitrogens with zero attached hydrogens (tertiary/aromatic N) is 1. The fraction of sp³-hybridized carbons (Fsp3) is 0.735. The molecular formula is C49H75NO12. The first-order valence-electron chi connectivity index (χ1n) is 23.0. The van der Waals surface area contributed by atoms with Crippen LogP contribution in [-0.4, -0.2) is 119 Å². The Morgan fingerprint density at radius 3 is 2.35 bits per heavy atom. The molecule has 3 fully saturated rings. The SMILES string of the molecule is CO[C@@H]1C[C@H](C[C@@H](C)[C@@H]2CC(=O)C/C=C(\C)[C@@H](O)[C@@H](OC)C(=O)[C@H](C)C[C@H](C)/C=C/C=C/C=C(\C)CC[C@@H]3CC[C@@H](C)[C@@](O)(O3)C(=O)C(=O)N3CCCC[C@H]3C(=O)O2)CC[C@H]1O. The number of ketones is 3. The molecule has 1 aliphatic carbocycles. The molecule has 0 aromatic heterocycles. The van der Waals surface area contributed by atoms with Gasteiger partial charge in [-0.3, -0.25) is 19.2 Å². The van der Waals surface area contributed by atoms with Gasteiger partial charge in [0, 0.05) is 45.4 Å². The van der Waals surface area contributed by atoms with Crippen LogP contribution < -0.4 is 0 Å². The minimum absolute atomic E-state index is 0.0547. The number of carbonyl (C=O) groups excluding carboxylic acids is 5. The lowest BCUT2D eigenvalue weighted by Crippen LogP contribution is -2.60. The molecule has 2 bridgehead atoms. The van der Waals surface area contributed by atoms with Gasteiger partial charge in [-0.2, -0.15) is 0 Å². The number of aliphatic hydroxyl groups excluding tert-OH is 2. The van der Waals surface area contributed by atoms with E-state index in [9.17, 15) is 39.3 Å². The van der Waals surface area contributed by atoms with E-state index >= 15 is 0 Å². The molecule has 13 nitrogen and oxygen atoms in total. The second-order valence-corrected chi connectivity index (χ2v) is 18.8. The van der Waals surface area contributed by atoms with Crippen molar-refractivity contribution >= 4 is 29.2 Å². The molecule has 0 aromatic rings. The lowest BCUT2D eigenvalue weighted by atomic mass is 9.78. The summed E-state index contributed by atoms with van der Waals surface area (Å²) in [6, 6.07) is -1.11. The number of amides is 1. The summed E-state index contributed by atoms with van der Waals surface area (Å²) in [5, 5.41) is 33.5. The number of esters is 1. The molecule has 0 spiro atoms. The lowest BCUT2D eigenvalue weighted by Gasteiger charge is -2.42. The molecular weight excluding hydrogens is 795 g/mol. The molecule has 3 N–H and O–H groups in total. The molecule has 3 aliphatic heterocycles. The van der Waals surface area contributed by atoms with E-state index in [1.54, 1.807) is 27.0 Å². The van der Waals surface area contributed by atoms with E-state index < -0.39 is 71.8 Å². The normalized spacial score (nSPS) is 39.4. The highest BCUT2D eigenvalue weighted by molar-refractivity contribution is 6.39. The van der Waals surface area contributed by atoms with Crippen LogP contribution >= 0.6 is 0 Å². The Kier molecular flexibility index (Phi) is 19.9. The third-order valence-electron chi connectivity index (χ3n) is 13.7. The van der Waals surface area contributed by atoms with Gasteiger partial charge in [-0.05, 0) is 114 Å². The molecule has 1 saturated carbocycles. The van der Waals surface area contributed by atoms with Crippen molar-refractivity contribution in [3.05, 3.63) is 47.6 Å². The van der Waals surface area contributed by atoms with Crippen LogP contribution in [0.3, 0.4) is 0 Å². The zero-order valence-corrected chi connectivity index (χ0v) is 38.5. The van der Waals surface area contributed by atoms with Crippen LogP contribution in [0.25, 0.3) is 0 Å². The fourth-order valence-electron chi connectivity index (χ4n) is 9.56. The Balaban J connectivity index is 1.64. The number of aliphatic hydroxyl groups is 3. The Hall–Kier alpha value is -3.33. The maximum Gasteiger partial charge on any atom is 0.329 e. The molecule has 13 heteroatoms. The summed E-state index contributed by atoms with van der Waals surface area (Å²) in [6.07, 6.45) is 13.1. The minimum Gasteiger partial charge on any atom is -0.460 e. The summed E-state index contributed by atoms with van der Waals surface area (Å²) in [4.78, 5) is 70.9. The van der Waals surface area contributed by atoms with Crippen LogP contribution in [0, 0.1) is 29.6 Å². The van der Waals surface area contributed by atoms with Crippen LogP contribution in [-0.2, 0) is 42.9 Å². The molecule has 4 rings (SSSR count). The minimum atomic E-state index is -2.35. The maximum atomic E-state index is 14.2. The van der Waals surface area contributed by atoms with Gasteiger partial charge < -0.3 is 39.2 Å². The second kappa shape index (κ2) is 24.1. The van der Waals surface area contributed by atoms with E-state index in [1.165, 1.54) is 12.0 Å². The molecule has 3 heterocycles. The van der Waals surface area contributed by atoms with Crippen molar-refractivity contribution in [2.75, 3.05) is 20.8 Å². The topological polar surface area (TPSA) is 186 Å². The van der Waals surface area contributed by atoms with Crippen LogP contribution in [0.15, 0.2) is 47.6 Å². The van der Waals surface area contributed by atoms with Crippen molar-refractivity contribution in [1.29, 1.82) is 0 Å². The monoisotopic (exact) mass is 870 g/mol.